The number of piperidine rings is 1. The van der Waals surface area contributed by atoms with Crippen LogP contribution in [-0.4, -0.2) is 143 Å². The van der Waals surface area contributed by atoms with Crippen LogP contribution in [0.1, 0.15) is 138 Å². The summed E-state index contributed by atoms with van der Waals surface area (Å²) in [6, 6.07) is -1.87. The number of sulfonamides is 1. The Labute approximate surface area is 421 Å². The molecule has 0 radical (unpaired) electrons. The van der Waals surface area contributed by atoms with Gasteiger partial charge in [0.05, 0.1) is 24.5 Å². The van der Waals surface area contributed by atoms with Gasteiger partial charge in [0.25, 0.3) is 11.7 Å². The number of allylic oxidation sites excluding steroid dienone is 6. The molecule has 0 spiro atoms. The molecule has 4 heterocycles. The molecule has 19 heteroatoms. The van der Waals surface area contributed by atoms with E-state index in [1.165, 1.54) is 12.0 Å². The first-order valence-electron chi connectivity index (χ1n) is 25.7. The zero-order valence-corrected chi connectivity index (χ0v) is 44.5. The Hall–Kier alpha value is -3.98. The second-order valence-corrected chi connectivity index (χ2v) is 23.0. The maximum atomic E-state index is 14.5. The minimum Gasteiger partial charge on any atom is -0.461 e. The van der Waals surface area contributed by atoms with E-state index in [0.29, 0.717) is 62.5 Å². The van der Waals surface area contributed by atoms with Crippen LogP contribution >= 0.6 is 0 Å². The van der Waals surface area contributed by atoms with Crippen LogP contribution in [0.3, 0.4) is 0 Å². The third-order valence-corrected chi connectivity index (χ3v) is 16.1. The molecule has 1 aliphatic carbocycles. The third kappa shape index (κ3) is 15.8. The van der Waals surface area contributed by atoms with Gasteiger partial charge in [0.2, 0.25) is 15.8 Å². The Morgan fingerprint density at radius 1 is 0.901 bits per heavy atom. The highest BCUT2D eigenvalue weighted by Crippen LogP contribution is 2.39. The predicted molar refractivity (Wildman–Crippen MR) is 267 cm³/mol. The van der Waals surface area contributed by atoms with E-state index in [2.05, 4.69) is 27.2 Å². The van der Waals surface area contributed by atoms with E-state index in [0.717, 1.165) is 25.5 Å². The fourth-order valence-electron chi connectivity index (χ4n) is 11.1. The fourth-order valence-corrected chi connectivity index (χ4v) is 11.9. The van der Waals surface area contributed by atoms with Crippen LogP contribution in [0.15, 0.2) is 53.9 Å². The number of Topliss-reactive ketones (excluding diaryl/α,β-unsaturated/α-hetero) is 2. The number of amides is 1. The molecule has 2 saturated heterocycles. The van der Waals surface area contributed by atoms with E-state index < -0.39 is 81.8 Å². The molecule has 4 aliphatic rings. The van der Waals surface area contributed by atoms with Crippen LogP contribution < -0.4 is 4.72 Å². The van der Waals surface area contributed by atoms with E-state index in [4.69, 9.17) is 18.9 Å². The van der Waals surface area contributed by atoms with Crippen LogP contribution in [0.25, 0.3) is 0 Å². The lowest BCUT2D eigenvalue weighted by Crippen LogP contribution is -2.61. The lowest BCUT2D eigenvalue weighted by atomic mass is 9.77. The number of nitrogens with zero attached hydrogens (tertiary/aromatic N) is 5. The second-order valence-electron chi connectivity index (χ2n) is 21.2. The minimum atomic E-state index is -3.72. The normalized spacial score (nSPS) is 38.2. The maximum absolute atomic E-state index is 14.5. The quantitative estimate of drug-likeness (QED) is 0.159. The number of fused-ring (bicyclic) bond motifs is 3. The van der Waals surface area contributed by atoms with E-state index in [9.17, 15) is 37.8 Å². The first-order chi connectivity index (χ1) is 33.6. The average molecular weight is 1020 g/mol. The molecule has 2 bridgehead atoms. The molecule has 15 atom stereocenters. The number of hydrogen-bond donors (Lipinski definition) is 3. The van der Waals surface area contributed by atoms with E-state index in [1.807, 2.05) is 39.0 Å². The number of ether oxygens (including phenoxy) is 4. The van der Waals surface area contributed by atoms with Gasteiger partial charge in [-0.1, -0.05) is 76.6 Å². The molecule has 1 aromatic rings. The molecule has 3 N–H and O–H groups in total. The molecule has 71 heavy (non-hydrogen) atoms. The molecule has 3 aliphatic heterocycles. The zero-order valence-electron chi connectivity index (χ0n) is 43.6. The molecule has 5 rings (SSSR count). The Morgan fingerprint density at radius 2 is 1.65 bits per heavy atom. The van der Waals surface area contributed by atoms with Crippen molar-refractivity contribution in [1.29, 1.82) is 0 Å². The Balaban J connectivity index is 1.46. The van der Waals surface area contributed by atoms with Crippen molar-refractivity contribution in [2.45, 2.75) is 186 Å². The van der Waals surface area contributed by atoms with Crippen molar-refractivity contribution in [3.8, 4) is 0 Å². The average Bonchev–Trinajstić information content (AvgIpc) is 3.87. The summed E-state index contributed by atoms with van der Waals surface area (Å²) >= 11 is 0. The molecule has 1 saturated carbocycles. The zero-order chi connectivity index (χ0) is 52.2. The summed E-state index contributed by atoms with van der Waals surface area (Å²) in [5.41, 5.74) is 1.23. The number of aliphatic hydroxyl groups is 2. The maximum Gasteiger partial charge on any atom is 0.329 e. The van der Waals surface area contributed by atoms with Gasteiger partial charge in [0.1, 0.15) is 30.7 Å². The van der Waals surface area contributed by atoms with Crippen molar-refractivity contribution < 1.29 is 56.8 Å². The van der Waals surface area contributed by atoms with Crippen LogP contribution in [0.4, 0.5) is 0 Å². The van der Waals surface area contributed by atoms with Crippen molar-refractivity contribution in [3.63, 3.8) is 0 Å². The number of hydrogen-bond acceptors (Lipinski definition) is 15. The van der Waals surface area contributed by atoms with E-state index in [-0.39, 0.29) is 61.0 Å². The number of rotatable bonds is 8. The monoisotopic (exact) mass is 1010 g/mol. The summed E-state index contributed by atoms with van der Waals surface area (Å²) in [5.74, 6) is -6.81. The number of cyclic esters (lactones) is 1. The summed E-state index contributed by atoms with van der Waals surface area (Å²) < 4.78 is 53.8. The highest BCUT2D eigenvalue weighted by Gasteiger charge is 2.53. The van der Waals surface area contributed by atoms with Gasteiger partial charge in [-0.3, -0.25) is 14.4 Å². The van der Waals surface area contributed by atoms with Gasteiger partial charge >= 0.3 is 5.97 Å². The predicted octanol–water partition coefficient (Wildman–Crippen LogP) is 5.77. The van der Waals surface area contributed by atoms with Gasteiger partial charge in [0, 0.05) is 38.6 Å². The molecule has 3 fully saturated rings. The van der Waals surface area contributed by atoms with Crippen molar-refractivity contribution in [2.24, 2.45) is 35.5 Å². The largest absolute Gasteiger partial charge is 0.461 e. The molecule has 1 aromatic heterocycles. The Morgan fingerprint density at radius 3 is 2.32 bits per heavy atom. The van der Waals surface area contributed by atoms with Crippen LogP contribution in [0.5, 0.6) is 0 Å². The SMILES string of the molecule is CO[C@@H]1C[C@H](C[C@@H](C)[C@@H]2CC[C@H](C)/C=C(\C)[C@@H](O)[C@@H](OC)C(=O)[C@H](C)C[C@H](C)/C=C/C=C/C=C(\C)[C@H](NS(C)(=O)=O)C[C@@H]3CC[C@@H](C)[C@@](O)(O3)C(=O)C(=O)N3CCCC[C@H]3C(=O)O2)CC[C@@H]1n1cnnn1. The number of tetrazole rings is 1. The summed E-state index contributed by atoms with van der Waals surface area (Å²) in [7, 11) is -0.618. The van der Waals surface area contributed by atoms with Crippen molar-refractivity contribution >= 4 is 33.5 Å². The molecular weight excluding hydrogens is 933 g/mol. The van der Waals surface area contributed by atoms with Crippen molar-refractivity contribution in [2.75, 3.05) is 27.0 Å². The molecule has 18 nitrogen and oxygen atoms in total. The van der Waals surface area contributed by atoms with E-state index in [1.54, 1.807) is 57.1 Å². The number of esters is 1. The highest BCUT2D eigenvalue weighted by molar-refractivity contribution is 7.88. The number of nitrogens with one attached hydrogen (secondary N) is 1. The lowest BCUT2D eigenvalue weighted by Gasteiger charge is -2.43. The Kier molecular flexibility index (Phi) is 21.5. The van der Waals surface area contributed by atoms with Gasteiger partial charge in [0.15, 0.2) is 5.78 Å². The number of ketones is 2. The van der Waals surface area contributed by atoms with Crippen molar-refractivity contribution in [3.05, 3.63) is 53.9 Å². The number of aliphatic hydroxyl groups excluding tert-OH is 1. The van der Waals surface area contributed by atoms with Gasteiger partial charge in [-0.05, 0) is 137 Å². The number of carbonyl (C=O) groups excluding carboxylic acids is 4. The smallest absolute Gasteiger partial charge is 0.329 e. The third-order valence-electron chi connectivity index (χ3n) is 15.3. The number of methoxy groups -OCH3 is 2. The highest BCUT2D eigenvalue weighted by atomic mass is 32.2. The van der Waals surface area contributed by atoms with Gasteiger partial charge in [-0.2, -0.15) is 0 Å². The summed E-state index contributed by atoms with van der Waals surface area (Å²) in [5, 5.41) is 35.4. The first-order valence-corrected chi connectivity index (χ1v) is 27.6. The molecule has 398 valence electrons. The van der Waals surface area contributed by atoms with Crippen LogP contribution in [0, 0.1) is 35.5 Å². The lowest BCUT2D eigenvalue weighted by molar-refractivity contribution is -0.264. The fraction of sp³-hybridized carbons (Fsp3) is 0.750. The Bertz CT molecular complexity index is 2180. The molecular formula is C52H82N6O12S. The van der Waals surface area contributed by atoms with Gasteiger partial charge in [-0.15, -0.1) is 5.10 Å². The molecule has 0 aromatic carbocycles. The van der Waals surface area contributed by atoms with Crippen LogP contribution in [0.2, 0.25) is 0 Å². The van der Waals surface area contributed by atoms with E-state index >= 15 is 0 Å². The van der Waals surface area contributed by atoms with Crippen molar-refractivity contribution in [1.82, 2.24) is 29.8 Å². The van der Waals surface area contributed by atoms with Crippen LogP contribution in [-0.2, 0) is 48.1 Å². The first kappa shape index (κ1) is 57.9. The molecule has 1 amide bonds. The minimum absolute atomic E-state index is 0.0105. The number of carbonyl (C=O) groups is 4. The summed E-state index contributed by atoms with van der Waals surface area (Å²) in [6.07, 6.45) is 16.7. The molecule has 0 unspecified atom stereocenters. The second kappa shape index (κ2) is 26.3. The van der Waals surface area contributed by atoms with Gasteiger partial charge in [-0.25, -0.2) is 22.6 Å². The van der Waals surface area contributed by atoms with Gasteiger partial charge < -0.3 is 34.1 Å². The number of aromatic nitrogens is 4. The topological polar surface area (TPSA) is 239 Å². The summed E-state index contributed by atoms with van der Waals surface area (Å²) in [4.78, 5) is 58.3. The standard InChI is InChI=1S/C52H82N6O12S/c1-32-16-12-11-13-17-34(3)41(54-71(10,65)66)30-40-22-20-38(7)52(64,70-40)49(61)50(62)57-25-15-14-18-43(57)51(63)69-44(24-19-33(2)27-37(6)47(60)48(68-9)46(59)36(5)26-32)35(4)28-39-21-23-42(45(29-39)67-8)58-31-53-55-56-58/h11-13,16-17,27,31-33,35-36,38-45,47-48,54,60,64H,14-15,18-26,28-30H2,1-10H3/b13-11+,16-12+,34-17+,37-27+/t32-,33+,35-,36-,38-,39+,40+,41-,42+,43+,44+,45-,47-,48+,52-/m1/s1. The summed E-state index contributed by atoms with van der Waals surface area (Å²) in [6.45, 7) is 13.2.